The molecule has 0 spiro atoms. The van der Waals surface area contributed by atoms with Gasteiger partial charge in [-0.3, -0.25) is 4.79 Å². The highest BCUT2D eigenvalue weighted by molar-refractivity contribution is 9.10. The van der Waals surface area contributed by atoms with E-state index in [4.69, 9.17) is 5.26 Å². The van der Waals surface area contributed by atoms with Crippen molar-refractivity contribution in [3.8, 4) is 6.07 Å². The summed E-state index contributed by atoms with van der Waals surface area (Å²) >= 11 is 3.45. The minimum absolute atomic E-state index is 0.0317. The van der Waals surface area contributed by atoms with E-state index in [2.05, 4.69) is 35.0 Å². The number of halogens is 1. The van der Waals surface area contributed by atoms with Crippen molar-refractivity contribution in [1.29, 1.82) is 5.26 Å². The molecule has 1 rings (SSSR count). The van der Waals surface area contributed by atoms with Gasteiger partial charge in [0.05, 0.1) is 6.07 Å². The average Bonchev–Trinajstić information content (AvgIpc) is 2.36. The van der Waals surface area contributed by atoms with Crippen LogP contribution in [0.25, 0.3) is 0 Å². The first-order chi connectivity index (χ1) is 8.54. The number of hydrogen-bond acceptors (Lipinski definition) is 2. The Morgan fingerprint density at radius 3 is 2.89 bits per heavy atom. The third kappa shape index (κ3) is 4.50. The summed E-state index contributed by atoms with van der Waals surface area (Å²) in [6.07, 6.45) is 1.43. The summed E-state index contributed by atoms with van der Waals surface area (Å²) < 4.78 is 1.06. The van der Waals surface area contributed by atoms with Gasteiger partial charge in [0.15, 0.2) is 0 Å². The molecule has 0 saturated carbocycles. The van der Waals surface area contributed by atoms with Gasteiger partial charge in [-0.2, -0.15) is 5.26 Å². The highest BCUT2D eigenvalue weighted by Crippen LogP contribution is 2.16. The Bertz CT molecular complexity index is 465. The second-order valence-electron chi connectivity index (χ2n) is 4.29. The van der Waals surface area contributed by atoms with Crippen LogP contribution in [0.3, 0.4) is 0 Å². The van der Waals surface area contributed by atoms with E-state index in [9.17, 15) is 4.79 Å². The normalized spacial score (nSPS) is 9.89. The van der Waals surface area contributed by atoms with Crippen molar-refractivity contribution in [2.24, 2.45) is 0 Å². The minimum Gasteiger partial charge on any atom is -0.345 e. The number of nitriles is 1. The Labute approximate surface area is 117 Å². The first kappa shape index (κ1) is 14.7. The molecule has 0 aliphatic rings. The molecule has 4 heteroatoms. The molecule has 0 fully saturated rings. The van der Waals surface area contributed by atoms with Gasteiger partial charge in [0.1, 0.15) is 0 Å². The van der Waals surface area contributed by atoms with Crippen molar-refractivity contribution in [2.75, 3.05) is 13.6 Å². The maximum atomic E-state index is 11.6. The molecule has 1 amide bonds. The molecule has 0 radical (unpaired) electrons. The largest absolute Gasteiger partial charge is 0.345 e. The molecule has 18 heavy (non-hydrogen) atoms. The van der Waals surface area contributed by atoms with E-state index in [-0.39, 0.29) is 5.91 Å². The number of rotatable bonds is 5. The second-order valence-corrected chi connectivity index (χ2v) is 5.21. The fourth-order valence-electron chi connectivity index (χ4n) is 1.68. The first-order valence-corrected chi connectivity index (χ1v) is 6.70. The zero-order valence-electron chi connectivity index (χ0n) is 10.7. The Balaban J connectivity index is 2.52. The number of nitrogens with zero attached hydrogens (tertiary/aromatic N) is 2. The Morgan fingerprint density at radius 2 is 2.22 bits per heavy atom. The van der Waals surface area contributed by atoms with Crippen molar-refractivity contribution in [1.82, 2.24) is 4.90 Å². The van der Waals surface area contributed by atoms with Crippen molar-refractivity contribution in [2.45, 2.75) is 26.2 Å². The predicted molar refractivity (Wildman–Crippen MR) is 75.1 cm³/mol. The Kier molecular flexibility index (Phi) is 5.87. The maximum absolute atomic E-state index is 11.6. The Hall–Kier alpha value is -1.34. The van der Waals surface area contributed by atoms with E-state index in [1.54, 1.807) is 11.9 Å². The van der Waals surface area contributed by atoms with E-state index in [0.29, 0.717) is 19.4 Å². The van der Waals surface area contributed by atoms with Crippen LogP contribution in [-0.4, -0.2) is 24.4 Å². The van der Waals surface area contributed by atoms with E-state index < -0.39 is 0 Å². The summed E-state index contributed by atoms with van der Waals surface area (Å²) in [6, 6.07) is 8.16. The first-order valence-electron chi connectivity index (χ1n) is 5.90. The molecule has 0 unspecified atom stereocenters. The molecule has 0 atom stereocenters. The molecule has 0 aromatic heterocycles. The van der Waals surface area contributed by atoms with Crippen LogP contribution in [-0.2, 0) is 11.2 Å². The van der Waals surface area contributed by atoms with Gasteiger partial charge in [-0.15, -0.1) is 0 Å². The summed E-state index contributed by atoms with van der Waals surface area (Å²) in [6.45, 7) is 2.75. The van der Waals surface area contributed by atoms with Gasteiger partial charge >= 0.3 is 0 Å². The average molecular weight is 309 g/mol. The lowest BCUT2D eigenvalue weighted by atomic mass is 10.1. The zero-order valence-corrected chi connectivity index (χ0v) is 12.3. The number of carbonyl (C=O) groups excluding carboxylic acids is 1. The van der Waals surface area contributed by atoms with Crippen LogP contribution < -0.4 is 0 Å². The molecular formula is C14H17BrN2O. The van der Waals surface area contributed by atoms with Crippen LogP contribution in [0.1, 0.15) is 24.0 Å². The Morgan fingerprint density at radius 1 is 1.50 bits per heavy atom. The van der Waals surface area contributed by atoms with Crippen LogP contribution in [0.15, 0.2) is 22.7 Å². The molecule has 3 nitrogen and oxygen atoms in total. The van der Waals surface area contributed by atoms with E-state index in [1.165, 1.54) is 11.1 Å². The summed E-state index contributed by atoms with van der Waals surface area (Å²) in [7, 11) is 1.78. The highest BCUT2D eigenvalue weighted by atomic mass is 79.9. The summed E-state index contributed by atoms with van der Waals surface area (Å²) in [5, 5.41) is 8.45. The van der Waals surface area contributed by atoms with E-state index in [0.717, 1.165) is 10.9 Å². The topological polar surface area (TPSA) is 44.1 Å². The molecule has 0 N–H and O–H groups in total. The lowest BCUT2D eigenvalue weighted by molar-refractivity contribution is -0.129. The fraction of sp³-hybridized carbons (Fsp3) is 0.429. The number of benzene rings is 1. The van der Waals surface area contributed by atoms with Crippen LogP contribution >= 0.6 is 15.9 Å². The van der Waals surface area contributed by atoms with Gasteiger partial charge in [0, 0.05) is 30.9 Å². The van der Waals surface area contributed by atoms with Crippen molar-refractivity contribution in [3.63, 3.8) is 0 Å². The van der Waals surface area contributed by atoms with Crippen molar-refractivity contribution < 1.29 is 4.79 Å². The third-order valence-electron chi connectivity index (χ3n) is 2.90. The van der Waals surface area contributed by atoms with Crippen LogP contribution in [0.5, 0.6) is 0 Å². The van der Waals surface area contributed by atoms with E-state index >= 15 is 0 Å². The van der Waals surface area contributed by atoms with Crippen molar-refractivity contribution in [3.05, 3.63) is 33.8 Å². The lowest BCUT2D eigenvalue weighted by Crippen LogP contribution is -2.28. The lowest BCUT2D eigenvalue weighted by Gasteiger charge is -2.17. The van der Waals surface area contributed by atoms with Gasteiger partial charge in [-0.25, -0.2) is 0 Å². The summed E-state index contributed by atoms with van der Waals surface area (Å²) in [5.74, 6) is 0.0317. The molecule has 0 aliphatic heterocycles. The molecule has 0 aliphatic carbocycles. The van der Waals surface area contributed by atoms with Gasteiger partial charge < -0.3 is 4.90 Å². The quantitative estimate of drug-likeness (QED) is 0.839. The number of carbonyl (C=O) groups is 1. The molecule has 0 bridgehead atoms. The SMILES string of the molecule is Cc1ccc(Br)cc1CCN(C)C(=O)CCC#N. The smallest absolute Gasteiger partial charge is 0.223 e. The number of aryl methyl sites for hydroxylation is 1. The van der Waals surface area contributed by atoms with Gasteiger partial charge in [0.2, 0.25) is 5.91 Å². The maximum Gasteiger partial charge on any atom is 0.223 e. The number of amides is 1. The second kappa shape index (κ2) is 7.17. The van der Waals surface area contributed by atoms with Crippen molar-refractivity contribution >= 4 is 21.8 Å². The minimum atomic E-state index is 0.0317. The predicted octanol–water partition coefficient (Wildman–Crippen LogP) is 3.06. The number of hydrogen-bond donors (Lipinski definition) is 0. The summed E-state index contributed by atoms with van der Waals surface area (Å²) in [4.78, 5) is 13.3. The fourth-order valence-corrected chi connectivity index (χ4v) is 2.08. The molecule has 96 valence electrons. The third-order valence-corrected chi connectivity index (χ3v) is 3.40. The molecule has 1 aromatic rings. The molecular weight excluding hydrogens is 292 g/mol. The molecule has 0 heterocycles. The standard InChI is InChI=1S/C14H17BrN2O/c1-11-5-6-13(15)10-12(11)7-9-17(2)14(18)4-3-8-16/h5-6,10H,3-4,7,9H2,1-2H3. The highest BCUT2D eigenvalue weighted by Gasteiger charge is 2.08. The van der Waals surface area contributed by atoms with Crippen LogP contribution in [0, 0.1) is 18.3 Å². The van der Waals surface area contributed by atoms with Gasteiger partial charge in [-0.1, -0.05) is 22.0 Å². The van der Waals surface area contributed by atoms with Crippen LogP contribution in [0.2, 0.25) is 0 Å². The van der Waals surface area contributed by atoms with Gasteiger partial charge in [-0.05, 0) is 36.6 Å². The summed E-state index contributed by atoms with van der Waals surface area (Å²) in [5.41, 5.74) is 2.47. The zero-order chi connectivity index (χ0) is 13.5. The van der Waals surface area contributed by atoms with E-state index in [1.807, 2.05) is 12.1 Å². The molecule has 1 aromatic carbocycles. The number of likely N-dealkylation sites (N-methyl/N-ethyl adjacent to an activating group) is 1. The van der Waals surface area contributed by atoms with Crippen LogP contribution in [0.4, 0.5) is 0 Å². The monoisotopic (exact) mass is 308 g/mol. The van der Waals surface area contributed by atoms with Gasteiger partial charge in [0.25, 0.3) is 0 Å². The molecule has 0 saturated heterocycles.